The maximum atomic E-state index is 9.05. The minimum atomic E-state index is -0.461. The lowest BCUT2D eigenvalue weighted by atomic mass is 9.97. The largest absolute Gasteiger partial charge is 0.494 e. The Labute approximate surface area is 116 Å². The number of aliphatic hydroxyl groups excluding tert-OH is 1. The first-order chi connectivity index (χ1) is 8.94. The zero-order chi connectivity index (χ0) is 14.3. The molecular formula is C16H27NO2. The van der Waals surface area contributed by atoms with Crippen LogP contribution in [0.5, 0.6) is 5.75 Å². The van der Waals surface area contributed by atoms with Crippen molar-refractivity contribution in [2.75, 3.05) is 13.2 Å². The minimum Gasteiger partial charge on any atom is -0.494 e. The van der Waals surface area contributed by atoms with Crippen LogP contribution in [0.1, 0.15) is 51.5 Å². The highest BCUT2D eigenvalue weighted by atomic mass is 16.5. The third-order valence-corrected chi connectivity index (χ3v) is 3.30. The van der Waals surface area contributed by atoms with E-state index in [2.05, 4.69) is 26.0 Å². The van der Waals surface area contributed by atoms with E-state index in [9.17, 15) is 0 Å². The van der Waals surface area contributed by atoms with E-state index in [1.165, 1.54) is 5.56 Å². The lowest BCUT2D eigenvalue weighted by Crippen LogP contribution is -2.39. The van der Waals surface area contributed by atoms with Crippen LogP contribution >= 0.6 is 0 Å². The molecule has 1 unspecified atom stereocenters. The molecule has 1 aromatic carbocycles. The van der Waals surface area contributed by atoms with Crippen LogP contribution in [0, 0.1) is 0 Å². The lowest BCUT2D eigenvalue weighted by Gasteiger charge is -2.21. The molecule has 0 saturated carbocycles. The number of aliphatic hydroxyl groups is 1. The van der Waals surface area contributed by atoms with Gasteiger partial charge >= 0.3 is 0 Å². The SMILES string of the molecule is CC(C)c1cccc(OCCCCC(C)(N)CO)c1. The highest BCUT2D eigenvalue weighted by Gasteiger charge is 2.15. The summed E-state index contributed by atoms with van der Waals surface area (Å²) in [6.45, 7) is 6.96. The van der Waals surface area contributed by atoms with Gasteiger partial charge in [0.25, 0.3) is 0 Å². The number of hydrogen-bond acceptors (Lipinski definition) is 3. The summed E-state index contributed by atoms with van der Waals surface area (Å²) in [5.74, 6) is 1.45. The van der Waals surface area contributed by atoms with Crippen molar-refractivity contribution in [3.63, 3.8) is 0 Å². The summed E-state index contributed by atoms with van der Waals surface area (Å²) in [4.78, 5) is 0. The van der Waals surface area contributed by atoms with Crippen LogP contribution in [0.3, 0.4) is 0 Å². The molecule has 3 N–H and O–H groups in total. The van der Waals surface area contributed by atoms with Crippen LogP contribution < -0.4 is 10.5 Å². The van der Waals surface area contributed by atoms with Gasteiger partial charge < -0.3 is 15.6 Å². The minimum absolute atomic E-state index is 0.0320. The Morgan fingerprint density at radius 1 is 1.32 bits per heavy atom. The Morgan fingerprint density at radius 2 is 2.05 bits per heavy atom. The van der Waals surface area contributed by atoms with Crippen molar-refractivity contribution >= 4 is 0 Å². The molecular weight excluding hydrogens is 238 g/mol. The van der Waals surface area contributed by atoms with E-state index < -0.39 is 5.54 Å². The van der Waals surface area contributed by atoms with Gasteiger partial charge in [-0.05, 0) is 49.8 Å². The predicted molar refractivity (Wildman–Crippen MR) is 79.6 cm³/mol. The highest BCUT2D eigenvalue weighted by Crippen LogP contribution is 2.20. The van der Waals surface area contributed by atoms with Gasteiger partial charge in [0.05, 0.1) is 13.2 Å². The zero-order valence-electron chi connectivity index (χ0n) is 12.4. The maximum absolute atomic E-state index is 9.05. The second-order valence-corrected chi connectivity index (χ2v) is 5.84. The first kappa shape index (κ1) is 16.0. The van der Waals surface area contributed by atoms with Gasteiger partial charge in [-0.1, -0.05) is 26.0 Å². The van der Waals surface area contributed by atoms with Crippen LogP contribution in [0.25, 0.3) is 0 Å². The van der Waals surface area contributed by atoms with Crippen LogP contribution in [-0.4, -0.2) is 23.9 Å². The smallest absolute Gasteiger partial charge is 0.119 e. The number of ether oxygens (including phenoxy) is 1. The Kier molecular flexibility index (Phi) is 6.32. The lowest BCUT2D eigenvalue weighted by molar-refractivity contribution is 0.194. The van der Waals surface area contributed by atoms with Crippen molar-refractivity contribution < 1.29 is 9.84 Å². The second kappa shape index (κ2) is 7.51. The predicted octanol–water partition coefficient (Wildman–Crippen LogP) is 3.07. The fourth-order valence-electron chi connectivity index (χ4n) is 1.86. The molecule has 0 spiro atoms. The number of rotatable bonds is 8. The molecule has 0 aromatic heterocycles. The van der Waals surface area contributed by atoms with Gasteiger partial charge in [-0.2, -0.15) is 0 Å². The van der Waals surface area contributed by atoms with Gasteiger partial charge in [0.15, 0.2) is 0 Å². The summed E-state index contributed by atoms with van der Waals surface area (Å²) in [7, 11) is 0. The van der Waals surface area contributed by atoms with E-state index in [1.54, 1.807) is 0 Å². The Bertz CT molecular complexity index is 375. The maximum Gasteiger partial charge on any atom is 0.119 e. The topological polar surface area (TPSA) is 55.5 Å². The van der Waals surface area contributed by atoms with Crippen molar-refractivity contribution in [1.82, 2.24) is 0 Å². The molecule has 0 aliphatic heterocycles. The molecule has 0 aliphatic carbocycles. The fraction of sp³-hybridized carbons (Fsp3) is 0.625. The fourth-order valence-corrected chi connectivity index (χ4v) is 1.86. The van der Waals surface area contributed by atoms with Crippen LogP contribution in [0.4, 0.5) is 0 Å². The van der Waals surface area contributed by atoms with Gasteiger partial charge in [0, 0.05) is 5.54 Å². The van der Waals surface area contributed by atoms with Crippen molar-refractivity contribution in [1.29, 1.82) is 0 Å². The van der Waals surface area contributed by atoms with Crippen LogP contribution in [-0.2, 0) is 0 Å². The summed E-state index contributed by atoms with van der Waals surface area (Å²) in [6, 6.07) is 8.25. The summed E-state index contributed by atoms with van der Waals surface area (Å²) in [5.41, 5.74) is 6.71. The third-order valence-electron chi connectivity index (χ3n) is 3.30. The number of unbranched alkanes of at least 4 members (excludes halogenated alkanes) is 1. The molecule has 1 rings (SSSR count). The Morgan fingerprint density at radius 3 is 2.68 bits per heavy atom. The second-order valence-electron chi connectivity index (χ2n) is 5.84. The monoisotopic (exact) mass is 265 g/mol. The zero-order valence-corrected chi connectivity index (χ0v) is 12.4. The molecule has 3 nitrogen and oxygen atoms in total. The molecule has 0 aliphatic rings. The molecule has 19 heavy (non-hydrogen) atoms. The Balaban J connectivity index is 2.28. The Hall–Kier alpha value is -1.06. The van der Waals surface area contributed by atoms with Gasteiger partial charge in [0.1, 0.15) is 5.75 Å². The average molecular weight is 265 g/mol. The van der Waals surface area contributed by atoms with Gasteiger partial charge in [-0.25, -0.2) is 0 Å². The number of nitrogens with two attached hydrogens (primary N) is 1. The first-order valence-electron chi connectivity index (χ1n) is 7.07. The van der Waals surface area contributed by atoms with E-state index in [1.807, 2.05) is 19.1 Å². The van der Waals surface area contributed by atoms with E-state index in [4.69, 9.17) is 15.6 Å². The van der Waals surface area contributed by atoms with Crippen LogP contribution in [0.15, 0.2) is 24.3 Å². The molecule has 1 aromatic rings. The summed E-state index contributed by atoms with van der Waals surface area (Å²) >= 11 is 0. The van der Waals surface area contributed by atoms with Gasteiger partial charge in [-0.15, -0.1) is 0 Å². The summed E-state index contributed by atoms with van der Waals surface area (Å²) in [5, 5.41) is 9.05. The first-order valence-corrected chi connectivity index (χ1v) is 7.07. The molecule has 0 radical (unpaired) electrons. The molecule has 0 saturated heterocycles. The van der Waals surface area contributed by atoms with E-state index in [-0.39, 0.29) is 6.61 Å². The quantitative estimate of drug-likeness (QED) is 0.710. The summed E-state index contributed by atoms with van der Waals surface area (Å²) in [6.07, 6.45) is 2.75. The average Bonchev–Trinajstić information content (AvgIpc) is 2.38. The standard InChI is InChI=1S/C16H27NO2/c1-13(2)14-7-6-8-15(11-14)19-10-5-4-9-16(3,17)12-18/h6-8,11,13,18H,4-5,9-10,12,17H2,1-3H3. The van der Waals surface area contributed by atoms with E-state index >= 15 is 0 Å². The number of hydrogen-bond donors (Lipinski definition) is 2. The van der Waals surface area contributed by atoms with Crippen LogP contribution in [0.2, 0.25) is 0 Å². The van der Waals surface area contributed by atoms with Crippen molar-refractivity contribution in [2.45, 2.75) is 51.5 Å². The molecule has 108 valence electrons. The molecule has 0 amide bonds. The molecule has 1 atom stereocenters. The van der Waals surface area contributed by atoms with Gasteiger partial charge in [-0.3, -0.25) is 0 Å². The molecule has 3 heteroatoms. The molecule has 0 bridgehead atoms. The normalized spacial score (nSPS) is 14.4. The number of benzene rings is 1. The van der Waals surface area contributed by atoms with E-state index in [0.717, 1.165) is 25.0 Å². The van der Waals surface area contributed by atoms with Gasteiger partial charge in [0.2, 0.25) is 0 Å². The third kappa shape index (κ3) is 6.08. The van der Waals surface area contributed by atoms with E-state index in [0.29, 0.717) is 12.5 Å². The van der Waals surface area contributed by atoms with Crippen molar-refractivity contribution in [2.24, 2.45) is 5.73 Å². The molecule has 0 fully saturated rings. The summed E-state index contributed by atoms with van der Waals surface area (Å²) < 4.78 is 5.74. The van der Waals surface area contributed by atoms with Crippen molar-refractivity contribution in [3.05, 3.63) is 29.8 Å². The van der Waals surface area contributed by atoms with Crippen molar-refractivity contribution in [3.8, 4) is 5.75 Å². The molecule has 0 heterocycles. The highest BCUT2D eigenvalue weighted by molar-refractivity contribution is 5.30.